The lowest BCUT2D eigenvalue weighted by Crippen LogP contribution is -2.14. The smallest absolute Gasteiger partial charge is 0.338 e. The third-order valence-corrected chi connectivity index (χ3v) is 5.85. The van der Waals surface area contributed by atoms with Crippen molar-refractivity contribution in [2.45, 2.75) is 33.2 Å². The molecule has 0 atom stereocenters. The average molecular weight is 470 g/mol. The predicted octanol–water partition coefficient (Wildman–Crippen LogP) is 5.69. The molecule has 180 valence electrons. The van der Waals surface area contributed by atoms with Crippen molar-refractivity contribution < 1.29 is 14.3 Å². The number of carbonyl (C=O) groups excluding carboxylic acids is 2. The SMILES string of the molecule is CCCCNCc1ccc(NC(=C2C(=O)Nc3cc(C(=O)OCC)ccc32)c2ccccc2)cc1. The summed E-state index contributed by atoms with van der Waals surface area (Å²) in [6.07, 6.45) is 2.34. The number of hydrogen-bond donors (Lipinski definition) is 3. The zero-order valence-corrected chi connectivity index (χ0v) is 20.2. The third-order valence-electron chi connectivity index (χ3n) is 5.85. The monoisotopic (exact) mass is 469 g/mol. The number of unbranched alkanes of at least 4 members (excludes halogenated alkanes) is 1. The molecule has 0 radical (unpaired) electrons. The molecule has 1 amide bonds. The van der Waals surface area contributed by atoms with Crippen LogP contribution in [0.4, 0.5) is 11.4 Å². The van der Waals surface area contributed by atoms with Crippen LogP contribution in [0.1, 0.15) is 53.7 Å². The van der Waals surface area contributed by atoms with Crippen molar-refractivity contribution in [2.75, 3.05) is 23.8 Å². The van der Waals surface area contributed by atoms with E-state index in [4.69, 9.17) is 4.74 Å². The van der Waals surface area contributed by atoms with Gasteiger partial charge in [0.25, 0.3) is 5.91 Å². The van der Waals surface area contributed by atoms with Crippen molar-refractivity contribution >= 4 is 34.5 Å². The quantitative estimate of drug-likeness (QED) is 0.202. The summed E-state index contributed by atoms with van der Waals surface area (Å²) in [5.41, 5.74) is 5.97. The molecule has 0 aliphatic carbocycles. The predicted molar refractivity (Wildman–Crippen MR) is 141 cm³/mol. The topological polar surface area (TPSA) is 79.5 Å². The lowest BCUT2D eigenvalue weighted by molar-refractivity contribution is -0.110. The van der Waals surface area contributed by atoms with E-state index >= 15 is 0 Å². The highest BCUT2D eigenvalue weighted by Crippen LogP contribution is 2.38. The summed E-state index contributed by atoms with van der Waals surface area (Å²) in [5, 5.41) is 9.84. The fraction of sp³-hybridized carbons (Fsp3) is 0.241. The molecular formula is C29H31N3O3. The van der Waals surface area contributed by atoms with Crippen molar-refractivity contribution in [2.24, 2.45) is 0 Å². The van der Waals surface area contributed by atoms with Crippen LogP contribution in [0, 0.1) is 0 Å². The van der Waals surface area contributed by atoms with E-state index in [9.17, 15) is 9.59 Å². The van der Waals surface area contributed by atoms with Crippen LogP contribution in [0.15, 0.2) is 72.8 Å². The van der Waals surface area contributed by atoms with Crippen molar-refractivity contribution in [3.63, 3.8) is 0 Å². The third kappa shape index (κ3) is 5.78. The van der Waals surface area contributed by atoms with Crippen LogP contribution in [0.5, 0.6) is 0 Å². The summed E-state index contributed by atoms with van der Waals surface area (Å²) in [6, 6.07) is 23.2. The standard InChI is InChI=1S/C29H31N3O3/c1-3-5-17-30-19-20-11-14-23(15-12-20)31-27(21-9-7-6-8-10-21)26-24-16-13-22(29(34)35-4-2)18-25(24)32-28(26)33/h6-16,18,30-31H,3-5,17,19H2,1-2H3,(H,32,33). The van der Waals surface area contributed by atoms with E-state index in [1.54, 1.807) is 25.1 Å². The van der Waals surface area contributed by atoms with Gasteiger partial charge in [0, 0.05) is 17.8 Å². The summed E-state index contributed by atoms with van der Waals surface area (Å²) in [7, 11) is 0. The van der Waals surface area contributed by atoms with E-state index in [-0.39, 0.29) is 5.91 Å². The molecule has 3 aromatic carbocycles. The van der Waals surface area contributed by atoms with Gasteiger partial charge in [-0.1, -0.05) is 61.9 Å². The van der Waals surface area contributed by atoms with Gasteiger partial charge in [0.15, 0.2) is 0 Å². The van der Waals surface area contributed by atoms with Gasteiger partial charge < -0.3 is 20.7 Å². The highest BCUT2D eigenvalue weighted by Gasteiger charge is 2.29. The molecule has 0 saturated carbocycles. The van der Waals surface area contributed by atoms with Crippen LogP contribution in [0.3, 0.4) is 0 Å². The molecule has 1 heterocycles. The Morgan fingerprint density at radius 2 is 1.71 bits per heavy atom. The van der Waals surface area contributed by atoms with Gasteiger partial charge in [-0.3, -0.25) is 4.79 Å². The molecule has 0 aromatic heterocycles. The number of ether oxygens (including phenoxy) is 1. The molecule has 3 N–H and O–H groups in total. The Morgan fingerprint density at radius 3 is 2.43 bits per heavy atom. The van der Waals surface area contributed by atoms with Crippen molar-refractivity contribution in [3.05, 3.63) is 95.1 Å². The van der Waals surface area contributed by atoms with Crippen molar-refractivity contribution in [1.29, 1.82) is 0 Å². The molecular weight excluding hydrogens is 438 g/mol. The minimum Gasteiger partial charge on any atom is -0.462 e. The van der Waals surface area contributed by atoms with E-state index in [0.717, 1.165) is 29.9 Å². The Labute approximate surface area is 206 Å². The maximum absolute atomic E-state index is 13.1. The summed E-state index contributed by atoms with van der Waals surface area (Å²) in [4.78, 5) is 25.3. The molecule has 0 bridgehead atoms. The first-order valence-electron chi connectivity index (χ1n) is 12.1. The number of hydrogen-bond acceptors (Lipinski definition) is 5. The van der Waals surface area contributed by atoms with E-state index < -0.39 is 5.97 Å². The highest BCUT2D eigenvalue weighted by atomic mass is 16.5. The largest absolute Gasteiger partial charge is 0.462 e. The summed E-state index contributed by atoms with van der Waals surface area (Å²) in [5.74, 6) is -0.628. The lowest BCUT2D eigenvalue weighted by atomic mass is 9.99. The van der Waals surface area contributed by atoms with E-state index in [2.05, 4.69) is 35.0 Å². The number of benzene rings is 3. The molecule has 4 rings (SSSR count). The van der Waals surface area contributed by atoms with Gasteiger partial charge in [0.05, 0.1) is 29.1 Å². The Bertz CT molecular complexity index is 1220. The molecule has 6 heteroatoms. The number of anilines is 2. The fourth-order valence-corrected chi connectivity index (χ4v) is 4.03. The highest BCUT2D eigenvalue weighted by molar-refractivity contribution is 6.37. The first kappa shape index (κ1) is 24.2. The van der Waals surface area contributed by atoms with E-state index in [0.29, 0.717) is 29.1 Å². The number of rotatable bonds is 10. The van der Waals surface area contributed by atoms with Crippen LogP contribution in [-0.4, -0.2) is 25.0 Å². The van der Waals surface area contributed by atoms with E-state index in [1.807, 2.05) is 42.5 Å². The molecule has 0 spiro atoms. The Kier molecular flexibility index (Phi) is 7.95. The van der Waals surface area contributed by atoms with Crippen LogP contribution in [0.25, 0.3) is 11.3 Å². The average Bonchev–Trinajstić information content (AvgIpc) is 3.21. The van der Waals surface area contributed by atoms with Crippen LogP contribution >= 0.6 is 0 Å². The zero-order valence-electron chi connectivity index (χ0n) is 20.2. The van der Waals surface area contributed by atoms with E-state index in [1.165, 1.54) is 18.4 Å². The maximum atomic E-state index is 13.1. The Morgan fingerprint density at radius 1 is 0.943 bits per heavy atom. The lowest BCUT2D eigenvalue weighted by Gasteiger charge is -2.15. The molecule has 1 aliphatic rings. The fourth-order valence-electron chi connectivity index (χ4n) is 4.03. The second kappa shape index (κ2) is 11.5. The summed E-state index contributed by atoms with van der Waals surface area (Å²) in [6.45, 7) is 6.08. The first-order chi connectivity index (χ1) is 17.1. The van der Waals surface area contributed by atoms with Gasteiger partial charge in [0.1, 0.15) is 0 Å². The van der Waals surface area contributed by atoms with Gasteiger partial charge in [-0.15, -0.1) is 0 Å². The summed E-state index contributed by atoms with van der Waals surface area (Å²) >= 11 is 0. The maximum Gasteiger partial charge on any atom is 0.338 e. The number of fused-ring (bicyclic) bond motifs is 1. The molecule has 1 aliphatic heterocycles. The number of esters is 1. The number of carbonyl (C=O) groups is 2. The van der Waals surface area contributed by atoms with Crippen LogP contribution < -0.4 is 16.0 Å². The van der Waals surface area contributed by atoms with Gasteiger partial charge in [0.2, 0.25) is 0 Å². The van der Waals surface area contributed by atoms with Gasteiger partial charge in [-0.2, -0.15) is 0 Å². The zero-order chi connectivity index (χ0) is 24.6. The Hall–Kier alpha value is -3.90. The molecule has 0 saturated heterocycles. The van der Waals surface area contributed by atoms with Crippen molar-refractivity contribution in [3.8, 4) is 0 Å². The molecule has 0 unspecified atom stereocenters. The molecule has 3 aromatic rings. The van der Waals surface area contributed by atoms with Gasteiger partial charge >= 0.3 is 5.97 Å². The molecule has 35 heavy (non-hydrogen) atoms. The minimum atomic E-state index is -0.410. The van der Waals surface area contributed by atoms with Gasteiger partial charge in [-0.25, -0.2) is 4.79 Å². The van der Waals surface area contributed by atoms with Crippen LogP contribution in [0.2, 0.25) is 0 Å². The minimum absolute atomic E-state index is 0.218. The number of amides is 1. The second-order valence-corrected chi connectivity index (χ2v) is 8.40. The van der Waals surface area contributed by atoms with Gasteiger partial charge in [-0.05, 0) is 55.3 Å². The van der Waals surface area contributed by atoms with Crippen LogP contribution in [-0.2, 0) is 16.1 Å². The number of nitrogens with one attached hydrogen (secondary N) is 3. The second-order valence-electron chi connectivity index (χ2n) is 8.40. The first-order valence-corrected chi connectivity index (χ1v) is 12.1. The normalized spacial score (nSPS) is 13.7. The van der Waals surface area contributed by atoms with Crippen molar-refractivity contribution in [1.82, 2.24) is 5.32 Å². The Balaban J connectivity index is 1.66. The summed E-state index contributed by atoms with van der Waals surface area (Å²) < 4.78 is 5.10. The molecule has 0 fully saturated rings. The molecule has 6 nitrogen and oxygen atoms in total.